The smallest absolute Gasteiger partial charge is 0.0687 e. The molecule has 0 aromatic heterocycles. The Hall–Kier alpha value is -0.510. The van der Waals surface area contributed by atoms with Gasteiger partial charge in [0.2, 0.25) is 0 Å². The predicted molar refractivity (Wildman–Crippen MR) is 66.5 cm³/mol. The van der Waals surface area contributed by atoms with Crippen LogP contribution in [0.5, 0.6) is 0 Å². The molecule has 0 unspecified atom stereocenters. The van der Waals surface area contributed by atoms with E-state index in [2.05, 4.69) is 54.5 Å². The van der Waals surface area contributed by atoms with Crippen LogP contribution in [-0.4, -0.2) is 0 Å². The highest BCUT2D eigenvalue weighted by atomic mass is 14.4. The molecule has 0 amide bonds. The molecule has 0 spiro atoms. The van der Waals surface area contributed by atoms with E-state index >= 15 is 0 Å². The standard InChI is InChI=1S/C14H27N/c1-12(2,3)8-9-14(7,11-15)10-13(4,5)6/h8-10H2,1-7H3/t14-/m1/s1. The molecule has 15 heavy (non-hydrogen) atoms. The average Bonchev–Trinajstić information content (AvgIpc) is 1.97. The van der Waals surface area contributed by atoms with Gasteiger partial charge in [0.05, 0.1) is 11.5 Å². The normalized spacial score (nSPS) is 16.9. The summed E-state index contributed by atoms with van der Waals surface area (Å²) in [6, 6.07) is 2.51. The summed E-state index contributed by atoms with van der Waals surface area (Å²) in [6.45, 7) is 15.4. The van der Waals surface area contributed by atoms with Gasteiger partial charge in [0, 0.05) is 0 Å². The fourth-order valence-electron chi connectivity index (χ4n) is 2.01. The topological polar surface area (TPSA) is 23.8 Å². The number of hydrogen-bond acceptors (Lipinski definition) is 1. The van der Waals surface area contributed by atoms with E-state index in [-0.39, 0.29) is 10.8 Å². The highest BCUT2D eigenvalue weighted by Gasteiger charge is 2.31. The summed E-state index contributed by atoms with van der Waals surface area (Å²) in [5, 5.41) is 9.30. The van der Waals surface area contributed by atoms with Gasteiger partial charge in [0.25, 0.3) is 0 Å². The van der Waals surface area contributed by atoms with Crippen molar-refractivity contribution in [2.24, 2.45) is 16.2 Å². The van der Waals surface area contributed by atoms with E-state index in [0.29, 0.717) is 5.41 Å². The molecule has 0 radical (unpaired) electrons. The molecule has 1 nitrogen and oxygen atoms in total. The van der Waals surface area contributed by atoms with Gasteiger partial charge >= 0.3 is 0 Å². The van der Waals surface area contributed by atoms with Crippen molar-refractivity contribution in [3.05, 3.63) is 0 Å². The number of rotatable bonds is 3. The van der Waals surface area contributed by atoms with E-state index in [9.17, 15) is 5.26 Å². The maximum absolute atomic E-state index is 9.30. The first kappa shape index (κ1) is 14.5. The maximum Gasteiger partial charge on any atom is 0.0687 e. The highest BCUT2D eigenvalue weighted by Crippen LogP contribution is 2.39. The lowest BCUT2D eigenvalue weighted by molar-refractivity contribution is 0.207. The molecule has 0 aromatic rings. The van der Waals surface area contributed by atoms with E-state index in [1.165, 1.54) is 0 Å². The minimum absolute atomic E-state index is 0.161. The lowest BCUT2D eigenvalue weighted by atomic mass is 9.71. The van der Waals surface area contributed by atoms with Crippen LogP contribution < -0.4 is 0 Å². The third kappa shape index (κ3) is 7.42. The molecule has 0 rings (SSSR count). The molecule has 0 aliphatic carbocycles. The minimum atomic E-state index is -0.161. The van der Waals surface area contributed by atoms with Crippen LogP contribution in [0.4, 0.5) is 0 Å². The first-order valence-electron chi connectivity index (χ1n) is 5.89. The van der Waals surface area contributed by atoms with Crippen LogP contribution in [-0.2, 0) is 0 Å². The second kappa shape index (κ2) is 4.56. The molecular formula is C14H27N. The molecule has 0 saturated heterocycles. The van der Waals surface area contributed by atoms with Crippen molar-refractivity contribution in [1.29, 1.82) is 5.26 Å². The SMILES string of the molecule is CC(C)(C)CC[C@@](C)(C#N)CC(C)(C)C. The van der Waals surface area contributed by atoms with Crippen LogP contribution in [0.1, 0.15) is 67.7 Å². The number of nitriles is 1. The molecular weight excluding hydrogens is 182 g/mol. The highest BCUT2D eigenvalue weighted by molar-refractivity contribution is 4.98. The molecule has 0 aromatic carbocycles. The van der Waals surface area contributed by atoms with Gasteiger partial charge in [0.15, 0.2) is 0 Å². The van der Waals surface area contributed by atoms with Crippen LogP contribution in [0.15, 0.2) is 0 Å². The van der Waals surface area contributed by atoms with Crippen molar-refractivity contribution >= 4 is 0 Å². The maximum atomic E-state index is 9.30. The lowest BCUT2D eigenvalue weighted by Crippen LogP contribution is -2.24. The summed E-state index contributed by atoms with van der Waals surface area (Å²) in [4.78, 5) is 0. The predicted octanol–water partition coefficient (Wildman–Crippen LogP) is 4.78. The molecule has 88 valence electrons. The van der Waals surface area contributed by atoms with Gasteiger partial charge in [-0.2, -0.15) is 5.26 Å². The van der Waals surface area contributed by atoms with Gasteiger partial charge in [-0.05, 0) is 37.0 Å². The Balaban J connectivity index is 4.41. The Kier molecular flexibility index (Phi) is 4.40. The molecule has 0 saturated carbocycles. The molecule has 0 N–H and O–H groups in total. The largest absolute Gasteiger partial charge is 0.198 e. The Morgan fingerprint density at radius 2 is 1.27 bits per heavy atom. The molecule has 1 heteroatoms. The van der Waals surface area contributed by atoms with Crippen molar-refractivity contribution in [3.63, 3.8) is 0 Å². The van der Waals surface area contributed by atoms with Crippen molar-refractivity contribution < 1.29 is 0 Å². The Morgan fingerprint density at radius 3 is 1.53 bits per heavy atom. The Morgan fingerprint density at radius 1 is 0.800 bits per heavy atom. The summed E-state index contributed by atoms with van der Waals surface area (Å²) in [5.41, 5.74) is 0.407. The third-order valence-corrected chi connectivity index (χ3v) is 2.62. The van der Waals surface area contributed by atoms with Gasteiger partial charge in [0.1, 0.15) is 0 Å². The van der Waals surface area contributed by atoms with Gasteiger partial charge in [-0.15, -0.1) is 0 Å². The first-order chi connectivity index (χ1) is 6.47. The number of hydrogen-bond donors (Lipinski definition) is 0. The summed E-state index contributed by atoms with van der Waals surface area (Å²) in [7, 11) is 0. The van der Waals surface area contributed by atoms with Crippen molar-refractivity contribution in [2.45, 2.75) is 67.7 Å². The average molecular weight is 209 g/mol. The van der Waals surface area contributed by atoms with Gasteiger partial charge in [-0.3, -0.25) is 0 Å². The van der Waals surface area contributed by atoms with E-state index in [0.717, 1.165) is 19.3 Å². The van der Waals surface area contributed by atoms with E-state index in [4.69, 9.17) is 0 Å². The van der Waals surface area contributed by atoms with Gasteiger partial charge < -0.3 is 0 Å². The third-order valence-electron chi connectivity index (χ3n) is 2.62. The van der Waals surface area contributed by atoms with Crippen molar-refractivity contribution in [2.75, 3.05) is 0 Å². The van der Waals surface area contributed by atoms with Crippen molar-refractivity contribution in [1.82, 2.24) is 0 Å². The molecule has 0 aliphatic heterocycles. The van der Waals surface area contributed by atoms with Crippen LogP contribution in [0.2, 0.25) is 0 Å². The molecule has 0 heterocycles. The Labute approximate surface area is 95.9 Å². The zero-order valence-corrected chi connectivity index (χ0v) is 11.6. The zero-order valence-electron chi connectivity index (χ0n) is 11.6. The number of nitrogens with zero attached hydrogens (tertiary/aromatic N) is 1. The van der Waals surface area contributed by atoms with Gasteiger partial charge in [-0.1, -0.05) is 41.5 Å². The van der Waals surface area contributed by atoms with Crippen LogP contribution in [0, 0.1) is 27.6 Å². The summed E-state index contributed by atoms with van der Waals surface area (Å²) >= 11 is 0. The van der Waals surface area contributed by atoms with Crippen LogP contribution in [0.25, 0.3) is 0 Å². The van der Waals surface area contributed by atoms with Crippen molar-refractivity contribution in [3.8, 4) is 6.07 Å². The van der Waals surface area contributed by atoms with Crippen LogP contribution in [0.3, 0.4) is 0 Å². The molecule has 0 bridgehead atoms. The lowest BCUT2D eigenvalue weighted by Gasteiger charge is -2.32. The minimum Gasteiger partial charge on any atom is -0.198 e. The van der Waals surface area contributed by atoms with E-state index < -0.39 is 0 Å². The van der Waals surface area contributed by atoms with E-state index in [1.807, 2.05) is 0 Å². The molecule has 1 atom stereocenters. The summed E-state index contributed by atoms with van der Waals surface area (Å²) < 4.78 is 0. The fourth-order valence-corrected chi connectivity index (χ4v) is 2.01. The summed E-state index contributed by atoms with van der Waals surface area (Å²) in [6.07, 6.45) is 3.10. The summed E-state index contributed by atoms with van der Waals surface area (Å²) in [5.74, 6) is 0. The van der Waals surface area contributed by atoms with E-state index in [1.54, 1.807) is 0 Å². The Bertz CT molecular complexity index is 234. The first-order valence-corrected chi connectivity index (χ1v) is 5.89. The van der Waals surface area contributed by atoms with Crippen LogP contribution >= 0.6 is 0 Å². The fraction of sp³-hybridized carbons (Fsp3) is 0.929. The van der Waals surface area contributed by atoms with Gasteiger partial charge in [-0.25, -0.2) is 0 Å². The second-order valence-electron chi connectivity index (χ2n) is 7.47. The molecule has 0 fully saturated rings. The monoisotopic (exact) mass is 209 g/mol. The quantitative estimate of drug-likeness (QED) is 0.656. The zero-order chi connectivity index (χ0) is 12.3. The molecule has 0 aliphatic rings. The second-order valence-corrected chi connectivity index (χ2v) is 7.47.